The van der Waals surface area contributed by atoms with E-state index in [1.807, 2.05) is 55.8 Å². The minimum Gasteiger partial charge on any atom is -0.457 e. The standard InChI is InChI=1S/C46H53N7O7/c1-25(2)40(50-45(56)58-5)43(54)52-17-7-9-36(52)34-22-31-19-27(13-15-33(31)48-34)28-11-12-30-21-32-20-29(14-16-38(32)60-39(30)23-28)35-24-47-42(49-35)37-10-8-18-53(37)44(55)41(26(3)4)51-46(57)59-6/h11-16,19-20,23-26,36-37,40-41H,7-10,17-18,21-22H2,1-6H3,(H,47,49)(H,50,56)(H,51,57)/t36-,37-,40-,41-/m0/s1. The van der Waals surface area contributed by atoms with Crippen LogP contribution in [0.25, 0.3) is 22.4 Å². The highest BCUT2D eigenvalue weighted by Gasteiger charge is 2.40. The molecule has 0 unspecified atom stereocenters. The molecule has 4 amide bonds. The van der Waals surface area contributed by atoms with Gasteiger partial charge in [0.2, 0.25) is 11.8 Å². The van der Waals surface area contributed by atoms with E-state index in [0.717, 1.165) is 93.5 Å². The fraction of sp³-hybridized carbons (Fsp3) is 0.435. The van der Waals surface area contributed by atoms with E-state index >= 15 is 0 Å². The largest absolute Gasteiger partial charge is 0.457 e. The number of methoxy groups -OCH3 is 2. The van der Waals surface area contributed by atoms with E-state index in [-0.39, 0.29) is 35.7 Å². The van der Waals surface area contributed by atoms with Gasteiger partial charge in [-0.15, -0.1) is 0 Å². The van der Waals surface area contributed by atoms with Crippen molar-refractivity contribution in [2.45, 2.75) is 90.4 Å². The minimum absolute atomic E-state index is 0.0938. The molecule has 2 fully saturated rings. The van der Waals surface area contributed by atoms with Crippen molar-refractivity contribution in [2.75, 3.05) is 27.3 Å². The predicted octanol–water partition coefficient (Wildman–Crippen LogP) is 7.48. The van der Waals surface area contributed by atoms with Crippen LogP contribution in [-0.4, -0.2) is 94.9 Å². The number of imidazole rings is 1. The van der Waals surface area contributed by atoms with Gasteiger partial charge in [-0.05, 0) is 102 Å². The molecule has 314 valence electrons. The second kappa shape index (κ2) is 16.8. The first kappa shape index (κ1) is 40.6. The Morgan fingerprint density at radius 1 is 0.717 bits per heavy atom. The van der Waals surface area contributed by atoms with Gasteiger partial charge in [0.25, 0.3) is 0 Å². The van der Waals surface area contributed by atoms with Gasteiger partial charge in [0.15, 0.2) is 0 Å². The average Bonchev–Trinajstić information content (AvgIpc) is 4.09. The van der Waals surface area contributed by atoms with Crippen molar-refractivity contribution in [2.24, 2.45) is 16.8 Å². The lowest BCUT2D eigenvalue weighted by atomic mass is 9.94. The van der Waals surface area contributed by atoms with E-state index in [0.29, 0.717) is 25.9 Å². The van der Waals surface area contributed by atoms with Crippen LogP contribution in [-0.2, 0) is 31.9 Å². The predicted molar refractivity (Wildman–Crippen MR) is 226 cm³/mol. The molecule has 4 atom stereocenters. The third kappa shape index (κ3) is 7.94. The summed E-state index contributed by atoms with van der Waals surface area (Å²) in [5.74, 6) is 1.90. The first-order valence-electron chi connectivity index (χ1n) is 20.9. The quantitative estimate of drug-likeness (QED) is 0.130. The van der Waals surface area contributed by atoms with Gasteiger partial charge in [0.05, 0.1) is 43.9 Å². The van der Waals surface area contributed by atoms with Crippen LogP contribution in [0.15, 0.2) is 65.8 Å². The van der Waals surface area contributed by atoms with E-state index in [9.17, 15) is 19.2 Å². The number of nitrogens with one attached hydrogen (secondary N) is 3. The first-order valence-corrected chi connectivity index (χ1v) is 20.9. The summed E-state index contributed by atoms with van der Waals surface area (Å²) in [5, 5.41) is 5.44. The van der Waals surface area contributed by atoms with E-state index < -0.39 is 24.3 Å². The summed E-state index contributed by atoms with van der Waals surface area (Å²) in [6.45, 7) is 8.86. The van der Waals surface area contributed by atoms with Crippen molar-refractivity contribution >= 4 is 35.4 Å². The molecule has 0 bridgehead atoms. The summed E-state index contributed by atoms with van der Waals surface area (Å²) >= 11 is 0. The van der Waals surface area contributed by atoms with Gasteiger partial charge in [-0.1, -0.05) is 45.9 Å². The van der Waals surface area contributed by atoms with Gasteiger partial charge in [0, 0.05) is 37.2 Å². The second-order valence-corrected chi connectivity index (χ2v) is 16.8. The van der Waals surface area contributed by atoms with Crippen LogP contribution in [0.3, 0.4) is 0 Å². The van der Waals surface area contributed by atoms with Gasteiger partial charge in [-0.25, -0.2) is 14.6 Å². The Balaban J connectivity index is 0.934. The van der Waals surface area contributed by atoms with Crippen LogP contribution in [0.4, 0.5) is 15.3 Å². The Morgan fingerprint density at radius 2 is 1.32 bits per heavy atom. The van der Waals surface area contributed by atoms with Crippen molar-refractivity contribution in [3.8, 4) is 33.9 Å². The number of aromatic nitrogens is 2. The molecule has 3 aromatic carbocycles. The first-order chi connectivity index (χ1) is 28.9. The number of aromatic amines is 1. The number of ether oxygens (including phenoxy) is 3. The second-order valence-electron chi connectivity index (χ2n) is 16.8. The normalized spacial score (nSPS) is 18.9. The summed E-state index contributed by atoms with van der Waals surface area (Å²) in [4.78, 5) is 68.3. The lowest BCUT2D eigenvalue weighted by Gasteiger charge is -2.30. The highest BCUT2D eigenvalue weighted by molar-refractivity contribution is 6.01. The maximum atomic E-state index is 13.7. The number of carbonyl (C=O) groups excluding carboxylic acids is 4. The van der Waals surface area contributed by atoms with Crippen LogP contribution in [0.1, 0.15) is 81.9 Å². The molecule has 5 heterocycles. The SMILES string of the molecule is COC(=O)N[C@H](C(=O)N1CCC[C@H]1C1=Nc2ccc(-c3ccc4c(c3)Oc3ccc(-c5cnc([C@@H]6CCCN6C(=O)[C@@H](NC(=O)OC)C(C)C)[nH]5)cc3C4)cc2C1)C(C)C. The highest BCUT2D eigenvalue weighted by atomic mass is 16.5. The number of hydrogen-bond donors (Lipinski definition) is 3. The molecule has 14 heteroatoms. The molecule has 0 saturated carbocycles. The summed E-state index contributed by atoms with van der Waals surface area (Å²) < 4.78 is 16.1. The fourth-order valence-electron chi connectivity index (χ4n) is 8.98. The monoisotopic (exact) mass is 815 g/mol. The van der Waals surface area contributed by atoms with Gasteiger partial charge in [0.1, 0.15) is 29.4 Å². The highest BCUT2D eigenvalue weighted by Crippen LogP contribution is 2.42. The Kier molecular flexibility index (Phi) is 11.4. The summed E-state index contributed by atoms with van der Waals surface area (Å²) in [6, 6.07) is 17.1. The zero-order valence-corrected chi connectivity index (χ0v) is 35.0. The summed E-state index contributed by atoms with van der Waals surface area (Å²) in [5.41, 5.74) is 9.12. The molecule has 0 aliphatic carbocycles. The van der Waals surface area contributed by atoms with E-state index in [2.05, 4.69) is 58.1 Å². The van der Waals surface area contributed by atoms with Gasteiger partial charge in [-0.3, -0.25) is 14.6 Å². The number of amides is 4. The molecular weight excluding hydrogens is 763 g/mol. The van der Waals surface area contributed by atoms with Crippen molar-refractivity contribution in [3.63, 3.8) is 0 Å². The molecule has 4 aliphatic rings. The fourth-order valence-corrected chi connectivity index (χ4v) is 8.98. The zero-order chi connectivity index (χ0) is 42.2. The minimum atomic E-state index is -0.694. The third-order valence-corrected chi connectivity index (χ3v) is 12.2. The molecule has 2 saturated heterocycles. The summed E-state index contributed by atoms with van der Waals surface area (Å²) in [7, 11) is 2.59. The molecule has 3 N–H and O–H groups in total. The maximum Gasteiger partial charge on any atom is 0.407 e. The molecule has 4 aliphatic heterocycles. The lowest BCUT2D eigenvalue weighted by Crippen LogP contribution is -2.53. The number of rotatable bonds is 10. The van der Waals surface area contributed by atoms with Crippen LogP contribution < -0.4 is 15.4 Å². The van der Waals surface area contributed by atoms with Gasteiger partial charge >= 0.3 is 12.2 Å². The van der Waals surface area contributed by atoms with Crippen LogP contribution in [0.2, 0.25) is 0 Å². The molecule has 4 aromatic rings. The molecule has 0 spiro atoms. The Hall–Kier alpha value is -6.18. The zero-order valence-electron chi connectivity index (χ0n) is 35.0. The molecule has 0 radical (unpaired) electrons. The number of nitrogens with zero attached hydrogens (tertiary/aromatic N) is 4. The van der Waals surface area contributed by atoms with E-state index in [1.165, 1.54) is 14.2 Å². The van der Waals surface area contributed by atoms with E-state index in [1.54, 1.807) is 0 Å². The van der Waals surface area contributed by atoms with Crippen molar-refractivity contribution < 1.29 is 33.4 Å². The molecule has 8 rings (SSSR count). The molecule has 14 nitrogen and oxygen atoms in total. The lowest BCUT2D eigenvalue weighted by molar-refractivity contribution is -0.135. The van der Waals surface area contributed by atoms with Crippen molar-refractivity contribution in [1.29, 1.82) is 0 Å². The smallest absolute Gasteiger partial charge is 0.407 e. The molecule has 1 aromatic heterocycles. The third-order valence-electron chi connectivity index (χ3n) is 12.2. The topological polar surface area (TPSA) is 168 Å². The molecule has 60 heavy (non-hydrogen) atoms. The maximum absolute atomic E-state index is 13.7. The van der Waals surface area contributed by atoms with Crippen molar-refractivity contribution in [1.82, 2.24) is 30.4 Å². The summed E-state index contributed by atoms with van der Waals surface area (Å²) in [6.07, 6.45) is 5.28. The van der Waals surface area contributed by atoms with Gasteiger partial charge < -0.3 is 39.6 Å². The Bertz CT molecular complexity index is 2350. The van der Waals surface area contributed by atoms with Crippen LogP contribution >= 0.6 is 0 Å². The Morgan fingerprint density at radius 3 is 1.98 bits per heavy atom. The van der Waals surface area contributed by atoms with Crippen molar-refractivity contribution in [3.05, 3.63) is 83.3 Å². The number of alkyl carbamates (subject to hydrolysis) is 2. The Labute approximate surface area is 350 Å². The number of fused-ring (bicyclic) bond motifs is 3. The van der Waals surface area contributed by atoms with E-state index in [4.69, 9.17) is 24.2 Å². The number of hydrogen-bond acceptors (Lipinski definition) is 9. The number of carbonyl (C=O) groups is 4. The van der Waals surface area contributed by atoms with Crippen LogP contribution in [0.5, 0.6) is 11.5 Å². The number of aliphatic imine (C=N–C) groups is 1. The number of likely N-dealkylation sites (tertiary alicyclic amines) is 2. The number of benzene rings is 3. The van der Waals surface area contributed by atoms with Gasteiger partial charge in [-0.2, -0.15) is 0 Å². The number of H-pyrrole nitrogens is 1. The average molecular weight is 816 g/mol. The van der Waals surface area contributed by atoms with Crippen LogP contribution in [0, 0.1) is 11.8 Å². The molecular formula is C46H53N7O7.